The number of benzene rings is 1. The monoisotopic (exact) mass is 456 g/mol. The second-order valence-corrected chi connectivity index (χ2v) is 9.19. The second kappa shape index (κ2) is 8.94. The van der Waals surface area contributed by atoms with E-state index in [0.29, 0.717) is 56.7 Å². The van der Waals surface area contributed by atoms with E-state index in [-0.39, 0.29) is 17.3 Å². The lowest BCUT2D eigenvalue weighted by Gasteiger charge is -2.18. The summed E-state index contributed by atoms with van der Waals surface area (Å²) in [7, 11) is 4.67. The summed E-state index contributed by atoms with van der Waals surface area (Å²) in [6, 6.07) is 3.61. The highest BCUT2D eigenvalue weighted by Crippen LogP contribution is 2.42. The molecule has 0 fully saturated rings. The second-order valence-electron chi connectivity index (χ2n) is 8.19. The summed E-state index contributed by atoms with van der Waals surface area (Å²) in [4.78, 5) is 32.6. The Morgan fingerprint density at radius 1 is 1.09 bits per heavy atom. The maximum absolute atomic E-state index is 13.7. The molecular formula is C24H28N2O5S. The molecule has 0 bridgehead atoms. The molecule has 1 aliphatic carbocycles. The number of methoxy groups -OCH3 is 3. The van der Waals surface area contributed by atoms with E-state index >= 15 is 0 Å². The number of hydrogen-bond donors (Lipinski definition) is 0. The van der Waals surface area contributed by atoms with E-state index in [2.05, 4.69) is 13.8 Å². The van der Waals surface area contributed by atoms with Crippen LogP contribution in [0.25, 0.3) is 21.6 Å². The molecule has 3 aromatic rings. The van der Waals surface area contributed by atoms with Crippen LogP contribution in [-0.4, -0.2) is 36.7 Å². The van der Waals surface area contributed by atoms with E-state index in [0.717, 1.165) is 24.8 Å². The number of nitrogens with zero attached hydrogens (tertiary/aromatic N) is 2. The van der Waals surface area contributed by atoms with Crippen LogP contribution in [0, 0.1) is 5.92 Å². The normalized spacial score (nSPS) is 15.7. The van der Waals surface area contributed by atoms with Crippen LogP contribution in [0.3, 0.4) is 0 Å². The summed E-state index contributed by atoms with van der Waals surface area (Å²) in [6.07, 6.45) is 3.03. The first-order valence-electron chi connectivity index (χ1n) is 10.8. The maximum atomic E-state index is 13.7. The van der Waals surface area contributed by atoms with E-state index in [1.165, 1.54) is 11.3 Å². The molecule has 2 heterocycles. The Hall–Kier alpha value is -2.87. The molecule has 0 radical (unpaired) electrons. The number of fused-ring (bicyclic) bond motifs is 3. The van der Waals surface area contributed by atoms with Gasteiger partial charge in [0, 0.05) is 18.5 Å². The van der Waals surface area contributed by atoms with Crippen molar-refractivity contribution in [2.45, 2.75) is 46.1 Å². The predicted molar refractivity (Wildman–Crippen MR) is 126 cm³/mol. The van der Waals surface area contributed by atoms with Gasteiger partial charge in [-0.05, 0) is 36.5 Å². The molecule has 2 aromatic heterocycles. The van der Waals surface area contributed by atoms with Crippen LogP contribution >= 0.6 is 11.3 Å². The zero-order valence-corrected chi connectivity index (χ0v) is 19.9. The molecule has 0 spiro atoms. The fourth-order valence-electron chi connectivity index (χ4n) is 4.34. The van der Waals surface area contributed by atoms with Crippen LogP contribution in [0.2, 0.25) is 0 Å². The van der Waals surface area contributed by atoms with Gasteiger partial charge in [0.1, 0.15) is 10.7 Å². The number of unbranched alkanes of at least 4 members (excludes halogenated alkanes) is 1. The number of Topliss-reactive ketones (excluding diaryl/α,β-unsaturated/α-hetero) is 1. The van der Waals surface area contributed by atoms with Crippen molar-refractivity contribution < 1.29 is 19.0 Å². The summed E-state index contributed by atoms with van der Waals surface area (Å²) >= 11 is 1.33. The average molecular weight is 457 g/mol. The van der Waals surface area contributed by atoms with Gasteiger partial charge in [-0.3, -0.25) is 14.2 Å². The van der Waals surface area contributed by atoms with E-state index in [9.17, 15) is 9.59 Å². The summed E-state index contributed by atoms with van der Waals surface area (Å²) < 4.78 is 18.2. The van der Waals surface area contributed by atoms with Crippen LogP contribution in [0.1, 0.15) is 48.3 Å². The van der Waals surface area contributed by atoms with Gasteiger partial charge in [-0.1, -0.05) is 20.3 Å². The number of thiophene rings is 1. The minimum absolute atomic E-state index is 0.0911. The summed E-state index contributed by atoms with van der Waals surface area (Å²) in [5.41, 5.74) is 1.47. The van der Waals surface area contributed by atoms with Gasteiger partial charge >= 0.3 is 0 Å². The molecule has 1 aliphatic rings. The van der Waals surface area contributed by atoms with E-state index in [1.807, 2.05) is 0 Å². The van der Waals surface area contributed by atoms with Gasteiger partial charge < -0.3 is 14.2 Å². The molecule has 32 heavy (non-hydrogen) atoms. The van der Waals surface area contributed by atoms with Crippen molar-refractivity contribution in [1.29, 1.82) is 0 Å². The zero-order chi connectivity index (χ0) is 23.0. The topological polar surface area (TPSA) is 79.7 Å². The third-order valence-corrected chi connectivity index (χ3v) is 7.08. The minimum atomic E-state index is -0.0911. The summed E-state index contributed by atoms with van der Waals surface area (Å²) in [5, 5.41) is 0.595. The summed E-state index contributed by atoms with van der Waals surface area (Å²) in [5.74, 6) is 2.34. The van der Waals surface area contributed by atoms with Gasteiger partial charge in [-0.2, -0.15) is 0 Å². The lowest BCUT2D eigenvalue weighted by atomic mass is 9.88. The van der Waals surface area contributed by atoms with Crippen molar-refractivity contribution in [2.24, 2.45) is 5.92 Å². The number of carbonyl (C=O) groups excluding carboxylic acids is 1. The van der Waals surface area contributed by atoms with E-state index in [1.54, 1.807) is 38.0 Å². The number of rotatable bonds is 7. The fraction of sp³-hybridized carbons (Fsp3) is 0.458. The van der Waals surface area contributed by atoms with E-state index < -0.39 is 0 Å². The van der Waals surface area contributed by atoms with Crippen molar-refractivity contribution in [3.63, 3.8) is 0 Å². The van der Waals surface area contributed by atoms with Gasteiger partial charge in [-0.25, -0.2) is 4.98 Å². The fourth-order valence-corrected chi connectivity index (χ4v) is 5.49. The molecule has 170 valence electrons. The maximum Gasteiger partial charge on any atom is 0.262 e. The molecule has 8 heteroatoms. The Labute approximate surface area is 190 Å². The minimum Gasteiger partial charge on any atom is -0.493 e. The van der Waals surface area contributed by atoms with Gasteiger partial charge in [0.05, 0.1) is 31.6 Å². The highest BCUT2D eigenvalue weighted by Gasteiger charge is 2.30. The number of aromatic nitrogens is 2. The molecule has 0 N–H and O–H groups in total. The summed E-state index contributed by atoms with van der Waals surface area (Å²) in [6.45, 7) is 4.68. The quantitative estimate of drug-likeness (QED) is 0.512. The van der Waals surface area contributed by atoms with Gasteiger partial charge in [0.25, 0.3) is 5.56 Å². The molecule has 0 amide bonds. The Morgan fingerprint density at radius 3 is 2.38 bits per heavy atom. The van der Waals surface area contributed by atoms with Crippen molar-refractivity contribution in [3.05, 3.63) is 32.9 Å². The first kappa shape index (κ1) is 22.3. The van der Waals surface area contributed by atoms with Crippen molar-refractivity contribution in [3.8, 4) is 28.6 Å². The third kappa shape index (κ3) is 3.66. The Morgan fingerprint density at radius 2 is 1.78 bits per heavy atom. The SMILES string of the molecule is CCCCn1c(-c2cc(OC)c(OC)c(OC)c2)nc2sc3c(c2c1=O)CC(C)CC3=O. The van der Waals surface area contributed by atoms with Crippen LogP contribution < -0.4 is 19.8 Å². The standard InChI is InChI=1S/C24H28N2O5S/c1-6-7-8-26-22(14-11-17(29-3)20(31-5)18(12-14)30-4)25-23-19(24(26)28)15-9-13(2)10-16(27)21(15)32-23/h11-13H,6-10H2,1-5H3. The highest BCUT2D eigenvalue weighted by atomic mass is 32.1. The largest absolute Gasteiger partial charge is 0.493 e. The Kier molecular flexibility index (Phi) is 6.24. The van der Waals surface area contributed by atoms with Gasteiger partial charge in [-0.15, -0.1) is 11.3 Å². The first-order chi connectivity index (χ1) is 15.4. The lowest BCUT2D eigenvalue weighted by molar-refractivity contribution is 0.0958. The average Bonchev–Trinajstić information content (AvgIpc) is 3.16. The van der Waals surface area contributed by atoms with Gasteiger partial charge in [0.2, 0.25) is 5.75 Å². The molecule has 0 saturated heterocycles. The number of hydrogen-bond acceptors (Lipinski definition) is 7. The highest BCUT2D eigenvalue weighted by molar-refractivity contribution is 7.20. The van der Waals surface area contributed by atoms with Crippen LogP contribution in [0.15, 0.2) is 16.9 Å². The van der Waals surface area contributed by atoms with E-state index in [4.69, 9.17) is 19.2 Å². The Bertz CT molecular complexity index is 1220. The molecule has 0 saturated carbocycles. The van der Waals surface area contributed by atoms with Gasteiger partial charge in [0.15, 0.2) is 17.3 Å². The third-order valence-electron chi connectivity index (χ3n) is 5.91. The number of ketones is 1. The number of ether oxygens (including phenoxy) is 3. The molecule has 1 atom stereocenters. The molecule has 7 nitrogen and oxygen atoms in total. The van der Waals surface area contributed by atoms with Crippen LogP contribution in [0.4, 0.5) is 0 Å². The smallest absolute Gasteiger partial charge is 0.262 e. The molecule has 1 unspecified atom stereocenters. The van der Waals surface area contributed by atoms with Crippen LogP contribution in [-0.2, 0) is 13.0 Å². The first-order valence-corrected chi connectivity index (χ1v) is 11.6. The molecular weight excluding hydrogens is 428 g/mol. The van der Waals surface area contributed by atoms with Crippen molar-refractivity contribution >= 4 is 27.3 Å². The molecule has 0 aliphatic heterocycles. The molecule has 1 aromatic carbocycles. The van der Waals surface area contributed by atoms with Crippen LogP contribution in [0.5, 0.6) is 17.2 Å². The molecule has 4 rings (SSSR count). The van der Waals surface area contributed by atoms with Crippen molar-refractivity contribution in [1.82, 2.24) is 9.55 Å². The zero-order valence-electron chi connectivity index (χ0n) is 19.1. The number of carbonyl (C=O) groups is 1. The Balaban J connectivity index is 2.01. The lowest BCUT2D eigenvalue weighted by Crippen LogP contribution is -2.25. The van der Waals surface area contributed by atoms with Crippen molar-refractivity contribution in [2.75, 3.05) is 21.3 Å². The predicted octanol–water partition coefficient (Wildman–Crippen LogP) is 4.72.